The lowest BCUT2D eigenvalue weighted by molar-refractivity contribution is 0.867. The van der Waals surface area contributed by atoms with E-state index < -0.39 is 0 Å². The number of hydrogen-bond donors (Lipinski definition) is 2. The fourth-order valence-corrected chi connectivity index (χ4v) is 1.50. The zero-order chi connectivity index (χ0) is 13.5. The third-order valence-electron chi connectivity index (χ3n) is 2.61. The second kappa shape index (κ2) is 6.70. The average molecular weight is 242 g/mol. The van der Waals surface area contributed by atoms with Crippen LogP contribution in [0, 0.1) is 0 Å². The smallest absolute Gasteiger partial charge is 0.0384 e. The maximum absolute atomic E-state index is 5.60. The van der Waals surface area contributed by atoms with Crippen LogP contribution in [0.3, 0.4) is 0 Å². The van der Waals surface area contributed by atoms with Crippen LogP contribution in [-0.4, -0.2) is 0 Å². The van der Waals surface area contributed by atoms with E-state index in [9.17, 15) is 0 Å². The summed E-state index contributed by atoms with van der Waals surface area (Å²) in [6.45, 7) is 10.0. The Morgan fingerprint density at radius 3 is 2.28 bits per heavy atom. The van der Waals surface area contributed by atoms with Crippen molar-refractivity contribution in [3.63, 3.8) is 0 Å². The van der Waals surface area contributed by atoms with Crippen molar-refractivity contribution < 1.29 is 0 Å². The van der Waals surface area contributed by atoms with Crippen molar-refractivity contribution in [1.29, 1.82) is 0 Å². The Morgan fingerprint density at radius 2 is 1.83 bits per heavy atom. The lowest BCUT2D eigenvalue weighted by Gasteiger charge is -2.09. The zero-order valence-corrected chi connectivity index (χ0v) is 11.4. The molecule has 18 heavy (non-hydrogen) atoms. The molecular weight excluding hydrogens is 220 g/mol. The largest absolute Gasteiger partial charge is 0.402 e. The zero-order valence-electron chi connectivity index (χ0n) is 11.4. The molecule has 0 spiro atoms. The summed E-state index contributed by atoms with van der Waals surface area (Å²) >= 11 is 0. The van der Waals surface area contributed by atoms with E-state index in [1.165, 1.54) is 5.56 Å². The molecule has 2 heteroatoms. The van der Waals surface area contributed by atoms with Crippen LogP contribution < -0.4 is 11.1 Å². The van der Waals surface area contributed by atoms with E-state index in [4.69, 9.17) is 5.73 Å². The Bertz CT molecular complexity index is 446. The summed E-state index contributed by atoms with van der Waals surface area (Å²) in [5, 5.41) is 3.29. The van der Waals surface area contributed by atoms with Crippen LogP contribution in [0.1, 0.15) is 32.3 Å². The number of nitrogens with two attached hydrogens (primary N) is 1. The first-order valence-electron chi connectivity index (χ1n) is 6.16. The van der Waals surface area contributed by atoms with Gasteiger partial charge in [-0.3, -0.25) is 0 Å². The maximum atomic E-state index is 5.60. The molecule has 0 aliphatic heterocycles. The SMILES string of the molecule is C=C/C(=C\C=C(/C)N)Nc1ccc(C(C)C)cc1. The number of rotatable bonds is 5. The van der Waals surface area contributed by atoms with Gasteiger partial charge < -0.3 is 11.1 Å². The van der Waals surface area contributed by atoms with E-state index in [1.807, 2.05) is 19.1 Å². The molecule has 0 aliphatic carbocycles. The molecule has 0 saturated heterocycles. The molecule has 96 valence electrons. The van der Waals surface area contributed by atoms with E-state index in [2.05, 4.69) is 50.0 Å². The van der Waals surface area contributed by atoms with E-state index in [1.54, 1.807) is 6.08 Å². The molecule has 0 atom stereocenters. The van der Waals surface area contributed by atoms with Crippen molar-refractivity contribution >= 4 is 5.69 Å². The minimum atomic E-state index is 0.552. The molecule has 0 heterocycles. The Hall–Kier alpha value is -1.96. The van der Waals surface area contributed by atoms with Crippen molar-refractivity contribution in [1.82, 2.24) is 0 Å². The highest BCUT2D eigenvalue weighted by molar-refractivity contribution is 5.52. The molecule has 1 aromatic carbocycles. The fraction of sp³-hybridized carbons (Fsp3) is 0.250. The summed E-state index contributed by atoms with van der Waals surface area (Å²) in [5.41, 5.74) is 9.68. The van der Waals surface area contributed by atoms with Crippen LogP contribution in [-0.2, 0) is 0 Å². The van der Waals surface area contributed by atoms with Gasteiger partial charge in [-0.05, 0) is 48.8 Å². The lowest BCUT2D eigenvalue weighted by Crippen LogP contribution is -1.97. The number of hydrogen-bond acceptors (Lipinski definition) is 2. The van der Waals surface area contributed by atoms with Gasteiger partial charge in [0, 0.05) is 17.1 Å². The topological polar surface area (TPSA) is 38.0 Å². The van der Waals surface area contributed by atoms with E-state index >= 15 is 0 Å². The second-order valence-corrected chi connectivity index (χ2v) is 4.64. The van der Waals surface area contributed by atoms with Crippen LogP contribution in [0.4, 0.5) is 5.69 Å². The predicted octanol–water partition coefficient (Wildman–Crippen LogP) is 4.15. The summed E-state index contributed by atoms with van der Waals surface area (Å²) in [6, 6.07) is 8.42. The second-order valence-electron chi connectivity index (χ2n) is 4.64. The minimum Gasteiger partial charge on any atom is -0.402 e. The van der Waals surface area contributed by atoms with E-state index in [-0.39, 0.29) is 0 Å². The Labute approximate surface area is 110 Å². The van der Waals surface area contributed by atoms with Gasteiger partial charge in [0.2, 0.25) is 0 Å². The predicted molar refractivity (Wildman–Crippen MR) is 80.4 cm³/mol. The summed E-state index contributed by atoms with van der Waals surface area (Å²) in [6.07, 6.45) is 5.54. The van der Waals surface area contributed by atoms with Crippen LogP contribution in [0.25, 0.3) is 0 Å². The van der Waals surface area contributed by atoms with Crippen molar-refractivity contribution in [3.8, 4) is 0 Å². The standard InChI is InChI=1S/C16H22N2/c1-5-15(9-6-13(4)17)18-16-10-7-14(8-11-16)12(2)3/h5-12,18H,1,17H2,2-4H3/b13-6+,15-9+. The fourth-order valence-electron chi connectivity index (χ4n) is 1.50. The molecular formula is C16H22N2. The maximum Gasteiger partial charge on any atom is 0.0384 e. The monoisotopic (exact) mass is 242 g/mol. The normalized spacial score (nSPS) is 12.7. The van der Waals surface area contributed by atoms with Crippen LogP contribution in [0.5, 0.6) is 0 Å². The molecule has 0 saturated carbocycles. The highest BCUT2D eigenvalue weighted by Gasteiger charge is 1.99. The van der Waals surface area contributed by atoms with Crippen LogP contribution in [0.15, 0.2) is 60.5 Å². The lowest BCUT2D eigenvalue weighted by atomic mass is 10.0. The number of nitrogens with one attached hydrogen (secondary N) is 1. The van der Waals surface area contributed by atoms with Crippen LogP contribution >= 0.6 is 0 Å². The Kier molecular flexibility index (Phi) is 5.25. The van der Waals surface area contributed by atoms with Gasteiger partial charge in [-0.2, -0.15) is 0 Å². The van der Waals surface area contributed by atoms with Crippen molar-refractivity contribution in [2.45, 2.75) is 26.7 Å². The number of benzene rings is 1. The quantitative estimate of drug-likeness (QED) is 0.761. The molecule has 1 aromatic rings. The molecule has 0 amide bonds. The summed E-state index contributed by atoms with van der Waals surface area (Å²) in [5.74, 6) is 0.552. The molecule has 0 fully saturated rings. The summed E-state index contributed by atoms with van der Waals surface area (Å²) in [7, 11) is 0. The minimum absolute atomic E-state index is 0.552. The number of anilines is 1. The van der Waals surface area contributed by atoms with Crippen molar-refractivity contribution in [2.24, 2.45) is 5.73 Å². The van der Waals surface area contributed by atoms with Crippen molar-refractivity contribution in [2.75, 3.05) is 5.32 Å². The van der Waals surface area contributed by atoms with Gasteiger partial charge in [-0.1, -0.05) is 32.6 Å². The van der Waals surface area contributed by atoms with Gasteiger partial charge in [-0.25, -0.2) is 0 Å². The molecule has 0 aromatic heterocycles. The van der Waals surface area contributed by atoms with Gasteiger partial charge >= 0.3 is 0 Å². The number of allylic oxidation sites excluding steroid dienone is 4. The Morgan fingerprint density at radius 1 is 1.22 bits per heavy atom. The van der Waals surface area contributed by atoms with Gasteiger partial charge in [0.05, 0.1) is 0 Å². The van der Waals surface area contributed by atoms with Gasteiger partial charge in [0.1, 0.15) is 0 Å². The molecule has 2 nitrogen and oxygen atoms in total. The molecule has 0 unspecified atom stereocenters. The molecule has 3 N–H and O–H groups in total. The van der Waals surface area contributed by atoms with E-state index in [0.717, 1.165) is 17.1 Å². The third-order valence-corrected chi connectivity index (χ3v) is 2.61. The first-order chi connectivity index (χ1) is 8.52. The summed E-state index contributed by atoms with van der Waals surface area (Å²) < 4.78 is 0. The molecule has 0 aliphatic rings. The molecule has 1 rings (SSSR count). The first-order valence-corrected chi connectivity index (χ1v) is 6.16. The van der Waals surface area contributed by atoms with E-state index in [0.29, 0.717) is 5.92 Å². The summed E-state index contributed by atoms with van der Waals surface area (Å²) in [4.78, 5) is 0. The van der Waals surface area contributed by atoms with Gasteiger partial charge in [-0.15, -0.1) is 0 Å². The van der Waals surface area contributed by atoms with Crippen LogP contribution in [0.2, 0.25) is 0 Å². The van der Waals surface area contributed by atoms with Gasteiger partial charge in [0.15, 0.2) is 0 Å². The molecule has 0 bridgehead atoms. The van der Waals surface area contributed by atoms with Gasteiger partial charge in [0.25, 0.3) is 0 Å². The van der Waals surface area contributed by atoms with Crippen molar-refractivity contribution in [3.05, 3.63) is 66.0 Å². The highest BCUT2D eigenvalue weighted by atomic mass is 14.9. The Balaban J connectivity index is 2.80. The molecule has 0 radical (unpaired) electrons. The average Bonchev–Trinajstić information content (AvgIpc) is 2.34. The third kappa shape index (κ3) is 4.50. The first kappa shape index (κ1) is 14.1. The highest BCUT2D eigenvalue weighted by Crippen LogP contribution is 2.18.